The Morgan fingerprint density at radius 2 is 2.24 bits per heavy atom. The van der Waals surface area contributed by atoms with Crippen LogP contribution in [0.1, 0.15) is 25.7 Å². The predicted octanol–water partition coefficient (Wildman–Crippen LogP) is 2.76. The molecule has 0 aliphatic carbocycles. The summed E-state index contributed by atoms with van der Waals surface area (Å²) in [5.74, 6) is -0.719. The van der Waals surface area contributed by atoms with E-state index in [-0.39, 0.29) is 30.8 Å². The molecule has 1 aliphatic rings. The number of hydrogen-bond acceptors (Lipinski definition) is 3. The molecule has 1 amide bonds. The summed E-state index contributed by atoms with van der Waals surface area (Å²) in [5.41, 5.74) is 0.179. The smallest absolute Gasteiger partial charge is 0.238 e. The molecule has 2 rings (SSSR count). The molecule has 1 aliphatic heterocycles. The van der Waals surface area contributed by atoms with Gasteiger partial charge in [0.2, 0.25) is 5.91 Å². The topological polar surface area (TPSA) is 52.6 Å². The molecule has 0 aromatic heterocycles. The number of hydrogen-bond donors (Lipinski definition) is 2. The summed E-state index contributed by atoms with van der Waals surface area (Å²) in [4.78, 5) is 14.1. The van der Waals surface area contributed by atoms with Crippen molar-refractivity contribution in [3.05, 3.63) is 28.5 Å². The number of aliphatic hydroxyl groups is 1. The van der Waals surface area contributed by atoms with Crippen LogP contribution in [0.4, 0.5) is 10.1 Å². The third-order valence-corrected chi connectivity index (χ3v) is 4.25. The van der Waals surface area contributed by atoms with Crippen molar-refractivity contribution in [2.75, 3.05) is 25.0 Å². The van der Waals surface area contributed by atoms with E-state index in [0.29, 0.717) is 4.47 Å². The number of benzene rings is 1. The highest BCUT2D eigenvalue weighted by Crippen LogP contribution is 2.20. The van der Waals surface area contributed by atoms with Gasteiger partial charge in [-0.2, -0.15) is 0 Å². The van der Waals surface area contributed by atoms with E-state index >= 15 is 0 Å². The van der Waals surface area contributed by atoms with E-state index in [4.69, 9.17) is 0 Å². The van der Waals surface area contributed by atoms with Gasteiger partial charge in [-0.15, -0.1) is 0 Å². The Bertz CT molecular complexity index is 499. The summed E-state index contributed by atoms with van der Waals surface area (Å²) >= 11 is 3.18. The molecule has 0 saturated carbocycles. The number of nitrogens with zero attached hydrogens (tertiary/aromatic N) is 1. The van der Waals surface area contributed by atoms with Gasteiger partial charge in [-0.1, -0.05) is 28.8 Å². The second kappa shape index (κ2) is 7.87. The van der Waals surface area contributed by atoms with E-state index < -0.39 is 5.82 Å². The number of aliphatic hydroxyl groups excluding tert-OH is 1. The maximum absolute atomic E-state index is 13.7. The van der Waals surface area contributed by atoms with Crippen LogP contribution < -0.4 is 5.32 Å². The van der Waals surface area contributed by atoms with Crippen molar-refractivity contribution in [2.45, 2.75) is 31.7 Å². The SMILES string of the molecule is O=C(CN1CCCCCC1CO)Nc1ccc(Br)cc1F. The molecule has 1 saturated heterocycles. The standard InChI is InChI=1S/C15H20BrFN2O2/c16-11-5-6-14(13(17)8-11)18-15(21)9-19-7-3-1-2-4-12(19)10-20/h5-6,8,12,20H,1-4,7,9-10H2,(H,18,21). The van der Waals surface area contributed by atoms with Crippen molar-refractivity contribution in [1.82, 2.24) is 4.90 Å². The van der Waals surface area contributed by atoms with Gasteiger partial charge in [0.05, 0.1) is 18.8 Å². The zero-order valence-electron chi connectivity index (χ0n) is 11.8. The second-order valence-corrected chi connectivity index (χ2v) is 6.24. The van der Waals surface area contributed by atoms with Gasteiger partial charge in [-0.25, -0.2) is 4.39 Å². The summed E-state index contributed by atoms with van der Waals surface area (Å²) in [6.07, 6.45) is 4.12. The van der Waals surface area contributed by atoms with Gasteiger partial charge >= 0.3 is 0 Å². The van der Waals surface area contributed by atoms with Gasteiger partial charge in [-0.05, 0) is 37.6 Å². The molecule has 1 atom stereocenters. The number of amides is 1. The van der Waals surface area contributed by atoms with Crippen LogP contribution >= 0.6 is 15.9 Å². The quantitative estimate of drug-likeness (QED) is 0.869. The molecule has 6 heteroatoms. The fraction of sp³-hybridized carbons (Fsp3) is 0.533. The lowest BCUT2D eigenvalue weighted by Gasteiger charge is -2.27. The highest BCUT2D eigenvalue weighted by Gasteiger charge is 2.22. The van der Waals surface area contributed by atoms with Crippen LogP contribution in [0.3, 0.4) is 0 Å². The molecular formula is C15H20BrFN2O2. The lowest BCUT2D eigenvalue weighted by molar-refractivity contribution is -0.118. The van der Waals surface area contributed by atoms with Crippen molar-refractivity contribution in [2.24, 2.45) is 0 Å². The van der Waals surface area contributed by atoms with Gasteiger partial charge in [0.15, 0.2) is 0 Å². The minimum absolute atomic E-state index is 0.0213. The van der Waals surface area contributed by atoms with Crippen LogP contribution in [0.15, 0.2) is 22.7 Å². The minimum atomic E-state index is -0.465. The first-order chi connectivity index (χ1) is 10.1. The number of anilines is 1. The Kier molecular flexibility index (Phi) is 6.14. The highest BCUT2D eigenvalue weighted by atomic mass is 79.9. The summed E-state index contributed by atoms with van der Waals surface area (Å²) < 4.78 is 14.3. The van der Waals surface area contributed by atoms with E-state index in [1.165, 1.54) is 12.1 Å². The first kappa shape index (κ1) is 16.4. The lowest BCUT2D eigenvalue weighted by atomic mass is 10.1. The Hall–Kier alpha value is -0.980. The van der Waals surface area contributed by atoms with E-state index in [1.807, 2.05) is 4.90 Å². The first-order valence-electron chi connectivity index (χ1n) is 7.20. The molecule has 2 N–H and O–H groups in total. The zero-order valence-corrected chi connectivity index (χ0v) is 13.4. The average Bonchev–Trinajstić information content (AvgIpc) is 2.67. The zero-order chi connectivity index (χ0) is 15.2. The summed E-state index contributed by atoms with van der Waals surface area (Å²) in [7, 11) is 0. The number of nitrogens with one attached hydrogen (secondary N) is 1. The van der Waals surface area contributed by atoms with Crippen LogP contribution in [0.25, 0.3) is 0 Å². The molecule has 0 bridgehead atoms. The number of rotatable bonds is 4. The first-order valence-corrected chi connectivity index (χ1v) is 7.99. The fourth-order valence-corrected chi connectivity index (χ4v) is 2.95. The number of likely N-dealkylation sites (tertiary alicyclic amines) is 1. The molecule has 1 aromatic rings. The van der Waals surface area contributed by atoms with Crippen LogP contribution in [0.5, 0.6) is 0 Å². The van der Waals surface area contributed by atoms with Crippen LogP contribution in [-0.2, 0) is 4.79 Å². The van der Waals surface area contributed by atoms with Gasteiger partial charge in [0.25, 0.3) is 0 Å². The molecule has 21 heavy (non-hydrogen) atoms. The monoisotopic (exact) mass is 358 g/mol. The molecule has 0 spiro atoms. The van der Waals surface area contributed by atoms with Gasteiger partial charge in [0, 0.05) is 10.5 Å². The van der Waals surface area contributed by atoms with Crippen molar-refractivity contribution >= 4 is 27.5 Å². The van der Waals surface area contributed by atoms with Crippen molar-refractivity contribution in [3.63, 3.8) is 0 Å². The maximum atomic E-state index is 13.7. The third kappa shape index (κ3) is 4.76. The largest absolute Gasteiger partial charge is 0.395 e. The maximum Gasteiger partial charge on any atom is 0.238 e. The van der Waals surface area contributed by atoms with Gasteiger partial charge < -0.3 is 10.4 Å². The molecule has 1 fully saturated rings. The summed E-state index contributed by atoms with van der Waals surface area (Å²) in [6.45, 7) is 1.03. The average molecular weight is 359 g/mol. The molecule has 0 radical (unpaired) electrons. The van der Waals surface area contributed by atoms with E-state index in [2.05, 4.69) is 21.2 Å². The normalized spacial score (nSPS) is 20.0. The van der Waals surface area contributed by atoms with E-state index in [0.717, 1.165) is 32.2 Å². The Morgan fingerprint density at radius 3 is 2.95 bits per heavy atom. The number of halogens is 2. The van der Waals surface area contributed by atoms with Crippen LogP contribution in [0.2, 0.25) is 0 Å². The number of carbonyl (C=O) groups excluding carboxylic acids is 1. The number of carbonyl (C=O) groups is 1. The molecule has 4 nitrogen and oxygen atoms in total. The van der Waals surface area contributed by atoms with Gasteiger partial charge in [-0.3, -0.25) is 9.69 Å². The lowest BCUT2D eigenvalue weighted by Crippen LogP contribution is -2.42. The van der Waals surface area contributed by atoms with Crippen molar-refractivity contribution < 1.29 is 14.3 Å². The van der Waals surface area contributed by atoms with Gasteiger partial charge in [0.1, 0.15) is 5.82 Å². The van der Waals surface area contributed by atoms with Crippen molar-refractivity contribution in [3.8, 4) is 0 Å². The molecule has 1 unspecified atom stereocenters. The Balaban J connectivity index is 1.96. The van der Waals surface area contributed by atoms with E-state index in [1.54, 1.807) is 6.07 Å². The fourth-order valence-electron chi connectivity index (χ4n) is 2.62. The molecular weight excluding hydrogens is 339 g/mol. The highest BCUT2D eigenvalue weighted by molar-refractivity contribution is 9.10. The second-order valence-electron chi connectivity index (χ2n) is 5.33. The molecule has 116 valence electrons. The summed E-state index contributed by atoms with van der Waals surface area (Å²) in [5, 5.41) is 12.0. The van der Waals surface area contributed by atoms with Crippen LogP contribution in [-0.4, -0.2) is 41.7 Å². The predicted molar refractivity (Wildman–Crippen MR) is 83.6 cm³/mol. The Labute approximate surface area is 132 Å². The Morgan fingerprint density at radius 1 is 1.43 bits per heavy atom. The molecule has 1 heterocycles. The van der Waals surface area contributed by atoms with Crippen molar-refractivity contribution in [1.29, 1.82) is 0 Å². The minimum Gasteiger partial charge on any atom is -0.395 e. The third-order valence-electron chi connectivity index (χ3n) is 3.76. The molecule has 1 aromatic carbocycles. The summed E-state index contributed by atoms with van der Waals surface area (Å²) in [6, 6.07) is 4.55. The van der Waals surface area contributed by atoms with Crippen LogP contribution in [0, 0.1) is 5.82 Å². The van der Waals surface area contributed by atoms with E-state index in [9.17, 15) is 14.3 Å².